The van der Waals surface area contributed by atoms with Gasteiger partial charge in [0.2, 0.25) is 0 Å². The van der Waals surface area contributed by atoms with Crippen LogP contribution in [0.1, 0.15) is 5.56 Å². The van der Waals surface area contributed by atoms with E-state index in [2.05, 4.69) is 319 Å². The van der Waals surface area contributed by atoms with Gasteiger partial charge in [0.25, 0.3) is 0 Å². The van der Waals surface area contributed by atoms with E-state index in [4.69, 9.17) is 9.97 Å². The predicted molar refractivity (Wildman–Crippen MR) is 404 cm³/mol. The van der Waals surface area contributed by atoms with Crippen molar-refractivity contribution >= 4 is 131 Å². The molecule has 0 saturated carbocycles. The van der Waals surface area contributed by atoms with Crippen LogP contribution in [-0.4, -0.2) is 37.4 Å². The van der Waals surface area contributed by atoms with E-state index in [0.717, 1.165) is 170 Å². The van der Waals surface area contributed by atoms with Crippen molar-refractivity contribution in [2.75, 3.05) is 0 Å². The van der Waals surface area contributed by atoms with Gasteiger partial charge < -0.3 is 27.4 Å². The quantitative estimate of drug-likeness (QED) is 0.152. The van der Waals surface area contributed by atoms with E-state index in [9.17, 15) is 5.26 Å². The maximum Gasteiger partial charge on any atom is 0.104 e. The van der Waals surface area contributed by atoms with Gasteiger partial charge in [-0.2, -0.15) is 5.26 Å². The molecule has 0 aliphatic rings. The second kappa shape index (κ2) is 20.7. The van der Waals surface area contributed by atoms with Gasteiger partial charge in [0, 0.05) is 129 Å². The van der Waals surface area contributed by atoms with Gasteiger partial charge >= 0.3 is 0 Å². The Morgan fingerprint density at radius 1 is 0.224 bits per heavy atom. The van der Waals surface area contributed by atoms with E-state index < -0.39 is 0 Å². The molecule has 0 unspecified atom stereocenters. The van der Waals surface area contributed by atoms with Gasteiger partial charge in [-0.3, -0.25) is 9.97 Å². The molecule has 0 bridgehead atoms. The highest BCUT2D eigenvalue weighted by Gasteiger charge is 2.35. The van der Waals surface area contributed by atoms with Gasteiger partial charge in [-0.15, -0.1) is 0 Å². The van der Waals surface area contributed by atoms with Crippen molar-refractivity contribution < 1.29 is 0 Å². The van der Waals surface area contributed by atoms with E-state index in [1.165, 1.54) is 5.39 Å². The zero-order valence-corrected chi connectivity index (χ0v) is 52.6. The Balaban J connectivity index is 1.03. The third-order valence-corrected chi connectivity index (χ3v) is 20.5. The van der Waals surface area contributed by atoms with Crippen molar-refractivity contribution in [2.45, 2.75) is 0 Å². The van der Waals surface area contributed by atoms with Gasteiger partial charge in [0.1, 0.15) is 11.6 Å². The van der Waals surface area contributed by atoms with Gasteiger partial charge in [0.05, 0.1) is 83.3 Å². The molecule has 0 aliphatic carbocycles. The van der Waals surface area contributed by atoms with Crippen molar-refractivity contribution in [3.63, 3.8) is 0 Å². The van der Waals surface area contributed by atoms with E-state index in [1.54, 1.807) is 0 Å². The second-order valence-electron chi connectivity index (χ2n) is 25.5. The molecule has 9 nitrogen and oxygen atoms in total. The summed E-state index contributed by atoms with van der Waals surface area (Å²) in [7, 11) is 0. The van der Waals surface area contributed by atoms with Crippen molar-refractivity contribution in [3.8, 4) is 62.4 Å². The van der Waals surface area contributed by atoms with Crippen LogP contribution in [0, 0.1) is 11.3 Å². The first-order valence-electron chi connectivity index (χ1n) is 33.2. The lowest BCUT2D eigenvalue weighted by atomic mass is 9.89. The van der Waals surface area contributed by atoms with Crippen LogP contribution in [-0.2, 0) is 0 Å². The molecule has 0 amide bonds. The van der Waals surface area contributed by atoms with Crippen molar-refractivity contribution in [1.29, 1.82) is 5.26 Å². The SMILES string of the molecule is N#Cc1c(-n2c3ccccc3c3cc4c5ccccc5n(-c5ccccc5)c4cc32)c(-c2cccnc2)c(-n2c3ccccc3c3cc4c5ccccc5n(-c5ccccc5)c4cc32)c(-c2cccnc2)c1-n1c2ccccc2c2cc3c4ccccc4n(-c4ccccc4)c3cc21. The van der Waals surface area contributed by atoms with Crippen molar-refractivity contribution in [1.82, 2.24) is 37.4 Å². The minimum absolute atomic E-state index is 0.469. The van der Waals surface area contributed by atoms with Gasteiger partial charge in [-0.25, -0.2) is 0 Å². The molecule has 454 valence electrons. The summed E-state index contributed by atoms with van der Waals surface area (Å²) in [6, 6.07) is 110. The molecule has 21 aromatic rings. The highest BCUT2D eigenvalue weighted by molar-refractivity contribution is 6.24. The summed E-state index contributed by atoms with van der Waals surface area (Å²) >= 11 is 0. The summed E-state index contributed by atoms with van der Waals surface area (Å²) in [4.78, 5) is 10.1. The molecule has 0 atom stereocenters. The molecule has 9 heteroatoms. The van der Waals surface area contributed by atoms with E-state index in [0.29, 0.717) is 16.9 Å². The van der Waals surface area contributed by atoms with Crippen LogP contribution >= 0.6 is 0 Å². The van der Waals surface area contributed by atoms with Gasteiger partial charge in [-0.05, 0) is 121 Å². The van der Waals surface area contributed by atoms with Crippen molar-refractivity contribution in [3.05, 3.63) is 328 Å². The second-order valence-corrected chi connectivity index (χ2v) is 25.5. The minimum Gasteiger partial charge on any atom is -0.309 e. The Labute approximate surface area is 560 Å². The fourth-order valence-corrected chi connectivity index (χ4v) is 16.6. The van der Waals surface area contributed by atoms with Crippen molar-refractivity contribution in [2.24, 2.45) is 0 Å². The Morgan fingerprint density at radius 2 is 0.480 bits per heavy atom. The number of pyridine rings is 2. The minimum atomic E-state index is 0.469. The Bertz CT molecular complexity index is 6670. The zero-order valence-electron chi connectivity index (χ0n) is 52.6. The van der Waals surface area contributed by atoms with E-state index in [-0.39, 0.29) is 0 Å². The van der Waals surface area contributed by atoms with E-state index in [1.807, 2.05) is 36.9 Å². The fraction of sp³-hybridized carbons (Fsp3) is 0. The Kier molecular flexibility index (Phi) is 11.4. The molecule has 0 saturated heterocycles. The van der Waals surface area contributed by atoms with Gasteiger partial charge in [-0.1, -0.05) is 176 Å². The van der Waals surface area contributed by atoms with E-state index >= 15 is 0 Å². The number of benzene rings is 13. The molecule has 0 spiro atoms. The number of fused-ring (bicyclic) bond motifs is 18. The highest BCUT2D eigenvalue weighted by Crippen LogP contribution is 2.54. The summed E-state index contributed by atoms with van der Waals surface area (Å²) in [5.41, 5.74) is 21.5. The number of nitrogens with zero attached hydrogens (tertiary/aromatic N) is 9. The molecule has 0 radical (unpaired) electrons. The molecule has 21 rings (SSSR count). The molecule has 0 N–H and O–H groups in total. The van der Waals surface area contributed by atoms with Crippen LogP contribution in [0.25, 0.3) is 187 Å². The third-order valence-electron chi connectivity index (χ3n) is 20.5. The van der Waals surface area contributed by atoms with Gasteiger partial charge in [0.15, 0.2) is 0 Å². The molecule has 98 heavy (non-hydrogen) atoms. The topological polar surface area (TPSA) is 79.2 Å². The highest BCUT2D eigenvalue weighted by atomic mass is 15.1. The Morgan fingerprint density at radius 3 is 0.755 bits per heavy atom. The smallest absolute Gasteiger partial charge is 0.104 e. The first-order chi connectivity index (χ1) is 48.7. The summed E-state index contributed by atoms with van der Waals surface area (Å²) in [6.07, 6.45) is 7.65. The van der Waals surface area contributed by atoms with Crippen LogP contribution in [0.5, 0.6) is 0 Å². The zero-order chi connectivity index (χ0) is 64.3. The largest absolute Gasteiger partial charge is 0.309 e. The maximum atomic E-state index is 13.3. The summed E-state index contributed by atoms with van der Waals surface area (Å²) in [5, 5.41) is 26.6. The third kappa shape index (κ3) is 7.48. The molecule has 13 aromatic carbocycles. The molecular weight excluding hydrogens is 1200 g/mol. The number of aromatic nitrogens is 8. The summed E-state index contributed by atoms with van der Waals surface area (Å²) in [5.74, 6) is 0. The first-order valence-corrected chi connectivity index (χ1v) is 33.2. The average molecular weight is 1250 g/mol. The van der Waals surface area contributed by atoms with Crippen LogP contribution in [0.15, 0.2) is 322 Å². The standard InChI is InChI=1S/C89H53N9/c90-52-72-87(96-76-41-19-13-35-63(76)69-46-66-60-32-10-16-38-73(60)93(79(66)49-82(69)96)57-26-4-1-5-27-57)85(55-24-22-44-91-53-55)89(98-78-43-21-15-37-65(78)71-48-68-62-34-12-18-40-75(62)95(81(68)51-84(71)98)59-30-8-3-9-31-59)86(56-25-23-45-92-54-56)88(72)97-77-42-20-14-36-64(77)70-47-67-61-33-11-17-39-74(61)94(80(67)50-83(70)97)58-28-6-2-7-29-58/h1-51,53-54H. The van der Waals surface area contributed by atoms with Crippen LogP contribution in [0.4, 0.5) is 0 Å². The van der Waals surface area contributed by atoms with Crippen LogP contribution in [0.3, 0.4) is 0 Å². The average Bonchev–Trinajstić information content (AvgIpc) is 1.45. The summed E-state index contributed by atoms with van der Waals surface area (Å²) < 4.78 is 14.5. The predicted octanol–water partition coefficient (Wildman–Crippen LogP) is 22.3. The fourth-order valence-electron chi connectivity index (χ4n) is 16.6. The first kappa shape index (κ1) is 53.9. The number of nitriles is 1. The number of para-hydroxylation sites is 9. The molecule has 8 heterocycles. The molecule has 8 aromatic heterocycles. The molecular formula is C89H53N9. The lowest BCUT2D eigenvalue weighted by Gasteiger charge is -2.28. The monoisotopic (exact) mass is 1250 g/mol. The maximum absolute atomic E-state index is 13.3. The number of hydrogen-bond donors (Lipinski definition) is 0. The molecule has 0 fully saturated rings. The van der Waals surface area contributed by atoms with Crippen LogP contribution in [0.2, 0.25) is 0 Å². The van der Waals surface area contributed by atoms with Crippen LogP contribution < -0.4 is 0 Å². The number of rotatable bonds is 8. The Hall–Kier alpha value is -13.6. The normalized spacial score (nSPS) is 12.1. The number of hydrogen-bond acceptors (Lipinski definition) is 3. The summed E-state index contributed by atoms with van der Waals surface area (Å²) in [6.45, 7) is 0. The molecule has 0 aliphatic heterocycles. The lowest BCUT2D eigenvalue weighted by molar-refractivity contribution is 1.09. The lowest BCUT2D eigenvalue weighted by Crippen LogP contribution is -2.13.